The number of hydrogen-bond acceptors (Lipinski definition) is 5. The second-order valence-corrected chi connectivity index (χ2v) is 3.83. The molecule has 0 radical (unpaired) electrons. The summed E-state index contributed by atoms with van der Waals surface area (Å²) >= 11 is 0. The van der Waals surface area contributed by atoms with Gasteiger partial charge in [0.25, 0.3) is 0 Å². The number of anilines is 1. The quantitative estimate of drug-likeness (QED) is 0.739. The third kappa shape index (κ3) is 1.73. The van der Waals surface area contributed by atoms with Crippen LogP contribution in [0.1, 0.15) is 0 Å². The number of benzene rings is 1. The number of fused-ring (bicyclic) bond motifs is 1. The van der Waals surface area contributed by atoms with Gasteiger partial charge in [-0.05, 0) is 12.1 Å². The SMILES string of the molecule is Cn1cnc2c(N)nc(Oc3ccccc3)nc21. The van der Waals surface area contributed by atoms with Gasteiger partial charge in [-0.25, -0.2) is 4.98 Å². The Labute approximate surface area is 103 Å². The van der Waals surface area contributed by atoms with Crippen LogP contribution in [0.3, 0.4) is 0 Å². The van der Waals surface area contributed by atoms with Crippen molar-refractivity contribution in [2.45, 2.75) is 0 Å². The van der Waals surface area contributed by atoms with Gasteiger partial charge in [0, 0.05) is 7.05 Å². The van der Waals surface area contributed by atoms with E-state index in [1.807, 2.05) is 37.4 Å². The van der Waals surface area contributed by atoms with E-state index in [-0.39, 0.29) is 6.01 Å². The Hall–Kier alpha value is -2.63. The summed E-state index contributed by atoms with van der Waals surface area (Å²) in [7, 11) is 1.84. The Bertz CT molecular complexity index is 692. The van der Waals surface area contributed by atoms with Gasteiger partial charge < -0.3 is 15.0 Å². The highest BCUT2D eigenvalue weighted by atomic mass is 16.5. The molecule has 6 nitrogen and oxygen atoms in total. The van der Waals surface area contributed by atoms with Crippen molar-refractivity contribution in [1.29, 1.82) is 0 Å². The maximum Gasteiger partial charge on any atom is 0.326 e. The van der Waals surface area contributed by atoms with Crippen LogP contribution in [0.2, 0.25) is 0 Å². The van der Waals surface area contributed by atoms with Crippen LogP contribution in [0.4, 0.5) is 5.82 Å². The number of ether oxygens (including phenoxy) is 1. The van der Waals surface area contributed by atoms with Crippen molar-refractivity contribution >= 4 is 17.0 Å². The molecule has 0 unspecified atom stereocenters. The first kappa shape index (κ1) is 10.5. The van der Waals surface area contributed by atoms with Crippen LogP contribution >= 0.6 is 0 Å². The number of hydrogen-bond donors (Lipinski definition) is 1. The fraction of sp³-hybridized carbons (Fsp3) is 0.0833. The molecule has 6 heteroatoms. The van der Waals surface area contributed by atoms with E-state index in [2.05, 4.69) is 15.0 Å². The first-order valence-electron chi connectivity index (χ1n) is 5.41. The zero-order valence-corrected chi connectivity index (χ0v) is 9.74. The third-order valence-electron chi connectivity index (χ3n) is 2.52. The van der Waals surface area contributed by atoms with Crippen LogP contribution in [0, 0.1) is 0 Å². The number of nitrogens with zero attached hydrogens (tertiary/aromatic N) is 4. The van der Waals surface area contributed by atoms with Gasteiger partial charge in [0.2, 0.25) is 0 Å². The van der Waals surface area contributed by atoms with Gasteiger partial charge in [-0.2, -0.15) is 9.97 Å². The summed E-state index contributed by atoms with van der Waals surface area (Å²) in [6.07, 6.45) is 1.64. The van der Waals surface area contributed by atoms with Crippen molar-refractivity contribution in [3.05, 3.63) is 36.7 Å². The molecule has 0 aliphatic heterocycles. The van der Waals surface area contributed by atoms with Crippen molar-refractivity contribution in [2.75, 3.05) is 5.73 Å². The highest BCUT2D eigenvalue weighted by Crippen LogP contribution is 2.22. The van der Waals surface area contributed by atoms with Crippen LogP contribution in [-0.2, 0) is 7.05 Å². The lowest BCUT2D eigenvalue weighted by molar-refractivity contribution is 0.444. The molecular formula is C12H11N5O. The summed E-state index contributed by atoms with van der Waals surface area (Å²) in [5, 5.41) is 0. The van der Waals surface area contributed by atoms with Crippen LogP contribution in [0.15, 0.2) is 36.7 Å². The molecule has 18 heavy (non-hydrogen) atoms. The van der Waals surface area contributed by atoms with Gasteiger partial charge in [0.05, 0.1) is 6.33 Å². The zero-order chi connectivity index (χ0) is 12.5. The number of aromatic nitrogens is 4. The second kappa shape index (κ2) is 3.99. The first-order chi connectivity index (χ1) is 8.74. The van der Waals surface area contributed by atoms with E-state index in [1.165, 1.54) is 0 Å². The van der Waals surface area contributed by atoms with Crippen LogP contribution < -0.4 is 10.5 Å². The molecule has 0 atom stereocenters. The molecule has 2 heterocycles. The number of nitrogen functional groups attached to an aromatic ring is 1. The minimum absolute atomic E-state index is 0.217. The molecule has 90 valence electrons. The monoisotopic (exact) mass is 241 g/mol. The highest BCUT2D eigenvalue weighted by molar-refractivity contribution is 5.81. The molecule has 2 aromatic heterocycles. The Balaban J connectivity index is 2.05. The molecule has 1 aromatic carbocycles. The summed E-state index contributed by atoms with van der Waals surface area (Å²) in [6, 6.07) is 9.53. The van der Waals surface area contributed by atoms with E-state index in [0.29, 0.717) is 22.7 Å². The smallest absolute Gasteiger partial charge is 0.326 e. The summed E-state index contributed by atoms with van der Waals surface area (Å²) in [6.45, 7) is 0. The predicted molar refractivity (Wildman–Crippen MR) is 67.2 cm³/mol. The van der Waals surface area contributed by atoms with E-state index >= 15 is 0 Å². The number of nitrogens with two attached hydrogens (primary N) is 1. The molecule has 3 rings (SSSR count). The molecule has 0 amide bonds. The van der Waals surface area contributed by atoms with Gasteiger partial charge in [0.15, 0.2) is 11.5 Å². The molecule has 3 aromatic rings. The first-order valence-corrected chi connectivity index (χ1v) is 5.41. The molecule has 0 spiro atoms. The Morgan fingerprint density at radius 1 is 1.17 bits per heavy atom. The van der Waals surface area contributed by atoms with Crippen molar-refractivity contribution in [2.24, 2.45) is 7.05 Å². The molecule has 0 saturated carbocycles. The Morgan fingerprint density at radius 3 is 2.72 bits per heavy atom. The van der Waals surface area contributed by atoms with Crippen LogP contribution in [0.5, 0.6) is 11.8 Å². The van der Waals surface area contributed by atoms with Crippen LogP contribution in [-0.4, -0.2) is 19.5 Å². The van der Waals surface area contributed by atoms with Crippen molar-refractivity contribution in [1.82, 2.24) is 19.5 Å². The van der Waals surface area contributed by atoms with E-state index in [1.54, 1.807) is 10.9 Å². The zero-order valence-electron chi connectivity index (χ0n) is 9.74. The van der Waals surface area contributed by atoms with E-state index in [9.17, 15) is 0 Å². The molecule has 0 saturated heterocycles. The average molecular weight is 241 g/mol. The third-order valence-corrected chi connectivity index (χ3v) is 2.52. The minimum Gasteiger partial charge on any atom is -0.424 e. The molecule has 0 aliphatic rings. The number of rotatable bonds is 2. The topological polar surface area (TPSA) is 78.9 Å². The largest absolute Gasteiger partial charge is 0.424 e. The summed E-state index contributed by atoms with van der Waals surface area (Å²) in [5.41, 5.74) is 7.05. The van der Waals surface area contributed by atoms with E-state index < -0.39 is 0 Å². The lowest BCUT2D eigenvalue weighted by Crippen LogP contribution is -1.99. The van der Waals surface area contributed by atoms with Crippen molar-refractivity contribution < 1.29 is 4.74 Å². The molecule has 2 N–H and O–H groups in total. The van der Waals surface area contributed by atoms with Crippen LogP contribution in [0.25, 0.3) is 11.2 Å². The maximum absolute atomic E-state index is 5.82. The van der Waals surface area contributed by atoms with Gasteiger partial charge in [-0.3, -0.25) is 0 Å². The standard InChI is InChI=1S/C12H11N5O/c1-17-7-14-9-10(13)15-12(16-11(9)17)18-8-5-3-2-4-6-8/h2-7H,1H3,(H2,13,15,16). The molecular weight excluding hydrogens is 230 g/mol. The normalized spacial score (nSPS) is 10.7. The number of aryl methyl sites for hydroxylation is 1. The molecule has 0 fully saturated rings. The van der Waals surface area contributed by atoms with E-state index in [0.717, 1.165) is 0 Å². The minimum atomic E-state index is 0.217. The highest BCUT2D eigenvalue weighted by Gasteiger charge is 2.10. The Morgan fingerprint density at radius 2 is 1.94 bits per heavy atom. The predicted octanol–water partition coefficient (Wildman–Crippen LogP) is 1.74. The van der Waals surface area contributed by atoms with Crippen molar-refractivity contribution in [3.63, 3.8) is 0 Å². The fourth-order valence-corrected chi connectivity index (χ4v) is 1.65. The summed E-state index contributed by atoms with van der Waals surface area (Å²) < 4.78 is 7.32. The number of imidazole rings is 1. The second-order valence-electron chi connectivity index (χ2n) is 3.83. The van der Waals surface area contributed by atoms with E-state index in [4.69, 9.17) is 10.5 Å². The molecule has 0 aliphatic carbocycles. The summed E-state index contributed by atoms with van der Waals surface area (Å²) in [4.78, 5) is 12.5. The Kier molecular flexibility index (Phi) is 2.33. The molecule has 0 bridgehead atoms. The van der Waals surface area contributed by atoms with Crippen molar-refractivity contribution in [3.8, 4) is 11.8 Å². The van der Waals surface area contributed by atoms with Gasteiger partial charge in [-0.15, -0.1) is 0 Å². The lowest BCUT2D eigenvalue weighted by Gasteiger charge is -2.04. The van der Waals surface area contributed by atoms with Gasteiger partial charge in [0.1, 0.15) is 11.3 Å². The van der Waals surface area contributed by atoms with Gasteiger partial charge in [-0.1, -0.05) is 18.2 Å². The fourth-order valence-electron chi connectivity index (χ4n) is 1.65. The maximum atomic E-state index is 5.82. The van der Waals surface area contributed by atoms with Gasteiger partial charge >= 0.3 is 6.01 Å². The average Bonchev–Trinajstić information content (AvgIpc) is 2.73. The lowest BCUT2D eigenvalue weighted by atomic mass is 10.3. The summed E-state index contributed by atoms with van der Waals surface area (Å²) in [5.74, 6) is 0.977. The number of para-hydroxylation sites is 1.